The van der Waals surface area contributed by atoms with Crippen LogP contribution in [0.4, 0.5) is 0 Å². The fraction of sp³-hybridized carbons (Fsp3) is 0.846. The fourth-order valence-corrected chi connectivity index (χ4v) is 2.45. The molecule has 5 atom stereocenters. The van der Waals surface area contributed by atoms with Crippen LogP contribution in [0, 0.1) is 0 Å². The van der Waals surface area contributed by atoms with E-state index in [1.165, 1.54) is 35.2 Å². The molecule has 8 heteroatoms. The predicted octanol–water partition coefficient (Wildman–Crippen LogP) is -0.971. The maximum atomic E-state index is 11.4. The van der Waals surface area contributed by atoms with Crippen molar-refractivity contribution in [1.29, 1.82) is 0 Å². The first-order valence-corrected chi connectivity index (χ1v) is 6.70. The lowest BCUT2D eigenvalue weighted by molar-refractivity contribution is -0.275. The van der Waals surface area contributed by atoms with E-state index in [2.05, 4.69) is 10.6 Å². The van der Waals surface area contributed by atoms with Gasteiger partial charge in [-0.25, -0.2) is 0 Å². The second-order valence-electron chi connectivity index (χ2n) is 4.84. The lowest BCUT2D eigenvalue weighted by atomic mass is 9.95. The third kappa shape index (κ3) is 4.63. The van der Waals surface area contributed by atoms with Crippen molar-refractivity contribution in [3.05, 3.63) is 0 Å². The highest BCUT2D eigenvalue weighted by molar-refractivity contribution is 5.74. The van der Waals surface area contributed by atoms with Crippen molar-refractivity contribution in [3.8, 4) is 0 Å². The lowest BCUT2D eigenvalue weighted by Crippen LogP contribution is -2.66. The smallest absolute Gasteiger partial charge is 0.217 e. The minimum atomic E-state index is -0.649. The molecule has 0 unspecified atom stereocenters. The molecule has 0 radical (unpaired) electrons. The summed E-state index contributed by atoms with van der Waals surface area (Å²) < 4.78 is 21.9. The minimum Gasteiger partial charge on any atom is -0.376 e. The first-order valence-electron chi connectivity index (χ1n) is 6.70. The molecular weight excluding hydrogens is 280 g/mol. The average Bonchev–Trinajstić information content (AvgIpc) is 2.44. The number of hydrogen-bond donors (Lipinski definition) is 2. The summed E-state index contributed by atoms with van der Waals surface area (Å²) in [4.78, 5) is 22.5. The highest BCUT2D eigenvalue weighted by Crippen LogP contribution is 2.25. The van der Waals surface area contributed by atoms with Crippen molar-refractivity contribution in [2.45, 2.75) is 44.5 Å². The highest BCUT2D eigenvalue weighted by Gasteiger charge is 2.47. The summed E-state index contributed by atoms with van der Waals surface area (Å²) in [6.45, 7) is 3.05. The van der Waals surface area contributed by atoms with E-state index in [-0.39, 0.29) is 18.4 Å². The van der Waals surface area contributed by atoms with Crippen LogP contribution in [0.25, 0.3) is 0 Å². The summed E-state index contributed by atoms with van der Waals surface area (Å²) in [5.41, 5.74) is 0. The number of carbonyl (C=O) groups is 2. The van der Waals surface area contributed by atoms with E-state index in [1.54, 1.807) is 0 Å². The maximum Gasteiger partial charge on any atom is 0.217 e. The molecule has 1 heterocycles. The summed E-state index contributed by atoms with van der Waals surface area (Å²) in [7, 11) is 4.54. The standard InChI is InChI=1S/C13H24N2O6/c1-7(16)14-6-9-10(15-8(2)17)11(18-3)12(19-4)13(20-5)21-9/h9-13H,6H2,1-5H3,(H,14,16)(H,15,17)/t9-,10+,11+,12-,13+/m1/s1. The Balaban J connectivity index is 2.95. The molecule has 1 fully saturated rings. The minimum absolute atomic E-state index is 0.183. The molecule has 1 aliphatic heterocycles. The van der Waals surface area contributed by atoms with Gasteiger partial charge in [-0.15, -0.1) is 0 Å². The molecular formula is C13H24N2O6. The summed E-state index contributed by atoms with van der Waals surface area (Å²) >= 11 is 0. The van der Waals surface area contributed by atoms with Crippen LogP contribution in [0.2, 0.25) is 0 Å². The molecule has 1 saturated heterocycles. The average molecular weight is 304 g/mol. The number of carbonyl (C=O) groups excluding carboxylic acids is 2. The highest BCUT2D eigenvalue weighted by atomic mass is 16.7. The van der Waals surface area contributed by atoms with Gasteiger partial charge in [-0.1, -0.05) is 0 Å². The number of nitrogens with one attached hydrogen (secondary N) is 2. The molecule has 8 nitrogen and oxygen atoms in total. The molecule has 0 spiro atoms. The van der Waals surface area contributed by atoms with E-state index in [9.17, 15) is 9.59 Å². The van der Waals surface area contributed by atoms with Gasteiger partial charge in [0.2, 0.25) is 11.8 Å². The summed E-state index contributed by atoms with van der Waals surface area (Å²) in [6, 6.07) is -0.462. The Morgan fingerprint density at radius 2 is 1.62 bits per heavy atom. The molecule has 0 aromatic carbocycles. The summed E-state index contributed by atoms with van der Waals surface area (Å²) in [6.07, 6.45) is -2.09. The number of ether oxygens (including phenoxy) is 4. The van der Waals surface area contributed by atoms with Gasteiger partial charge < -0.3 is 29.6 Å². The van der Waals surface area contributed by atoms with E-state index in [0.29, 0.717) is 0 Å². The van der Waals surface area contributed by atoms with Crippen LogP contribution in [-0.2, 0) is 28.5 Å². The molecule has 21 heavy (non-hydrogen) atoms. The number of amides is 2. The molecule has 0 aliphatic carbocycles. The van der Waals surface area contributed by atoms with Gasteiger partial charge in [0.05, 0.1) is 6.04 Å². The number of hydrogen-bond acceptors (Lipinski definition) is 6. The van der Waals surface area contributed by atoms with Crippen molar-refractivity contribution in [2.75, 3.05) is 27.9 Å². The predicted molar refractivity (Wildman–Crippen MR) is 73.6 cm³/mol. The zero-order valence-electron chi connectivity index (χ0n) is 13.0. The maximum absolute atomic E-state index is 11.4. The van der Waals surface area contributed by atoms with Crippen LogP contribution < -0.4 is 10.6 Å². The second kappa shape index (κ2) is 8.28. The summed E-state index contributed by atoms with van der Waals surface area (Å²) in [5.74, 6) is -0.402. The van der Waals surface area contributed by atoms with Crippen LogP contribution >= 0.6 is 0 Å². The molecule has 1 rings (SSSR count). The summed E-state index contributed by atoms with van der Waals surface area (Å²) in [5, 5.41) is 5.46. The van der Waals surface area contributed by atoms with E-state index >= 15 is 0 Å². The lowest BCUT2D eigenvalue weighted by Gasteiger charge is -2.45. The molecule has 122 valence electrons. The largest absolute Gasteiger partial charge is 0.376 e. The number of rotatable bonds is 6. The van der Waals surface area contributed by atoms with Gasteiger partial charge in [0, 0.05) is 41.7 Å². The Morgan fingerprint density at radius 3 is 2.05 bits per heavy atom. The topological polar surface area (TPSA) is 95.1 Å². The van der Waals surface area contributed by atoms with Gasteiger partial charge >= 0.3 is 0 Å². The van der Waals surface area contributed by atoms with Gasteiger partial charge in [0.1, 0.15) is 18.3 Å². The zero-order valence-corrected chi connectivity index (χ0v) is 13.0. The molecule has 2 amide bonds. The first kappa shape index (κ1) is 17.8. The Bertz CT molecular complexity index is 365. The van der Waals surface area contributed by atoms with Crippen molar-refractivity contribution in [2.24, 2.45) is 0 Å². The SMILES string of the molecule is CO[C@H]1O[C@H](CNC(C)=O)[C@H](NC(C)=O)[C@H](OC)[C@H]1OC. The van der Waals surface area contributed by atoms with Crippen molar-refractivity contribution < 1.29 is 28.5 Å². The second-order valence-corrected chi connectivity index (χ2v) is 4.84. The Kier molecular flexibility index (Phi) is 7.03. The van der Waals surface area contributed by atoms with Crippen LogP contribution in [-0.4, -0.2) is 70.3 Å². The van der Waals surface area contributed by atoms with Gasteiger partial charge in [0.25, 0.3) is 0 Å². The Morgan fingerprint density at radius 1 is 1.00 bits per heavy atom. The Hall–Kier alpha value is -1.22. The van der Waals surface area contributed by atoms with Crippen molar-refractivity contribution >= 4 is 11.8 Å². The van der Waals surface area contributed by atoms with Crippen LogP contribution in [0.1, 0.15) is 13.8 Å². The van der Waals surface area contributed by atoms with Crippen LogP contribution in [0.3, 0.4) is 0 Å². The van der Waals surface area contributed by atoms with Crippen LogP contribution in [0.15, 0.2) is 0 Å². The quantitative estimate of drug-likeness (QED) is 0.655. The van der Waals surface area contributed by atoms with Crippen molar-refractivity contribution in [1.82, 2.24) is 10.6 Å². The van der Waals surface area contributed by atoms with Gasteiger partial charge in [-0.05, 0) is 0 Å². The van der Waals surface area contributed by atoms with Crippen LogP contribution in [0.5, 0.6) is 0 Å². The van der Waals surface area contributed by atoms with E-state index in [1.807, 2.05) is 0 Å². The van der Waals surface area contributed by atoms with E-state index < -0.39 is 30.6 Å². The van der Waals surface area contributed by atoms with E-state index in [0.717, 1.165) is 0 Å². The Labute approximate surface area is 124 Å². The van der Waals surface area contributed by atoms with E-state index in [4.69, 9.17) is 18.9 Å². The molecule has 0 bridgehead atoms. The molecule has 1 aliphatic rings. The van der Waals surface area contributed by atoms with Gasteiger partial charge in [-0.2, -0.15) is 0 Å². The third-order valence-electron chi connectivity index (χ3n) is 3.35. The molecule has 0 aromatic heterocycles. The zero-order chi connectivity index (χ0) is 16.0. The monoisotopic (exact) mass is 304 g/mol. The molecule has 2 N–H and O–H groups in total. The fourth-order valence-electron chi connectivity index (χ4n) is 2.45. The van der Waals surface area contributed by atoms with Gasteiger partial charge in [-0.3, -0.25) is 9.59 Å². The normalized spacial score (nSPS) is 32.5. The van der Waals surface area contributed by atoms with Crippen molar-refractivity contribution in [3.63, 3.8) is 0 Å². The number of methoxy groups -OCH3 is 3. The van der Waals surface area contributed by atoms with Gasteiger partial charge in [0.15, 0.2) is 6.29 Å². The first-order chi connectivity index (χ1) is 9.94. The molecule has 0 aromatic rings. The molecule has 0 saturated carbocycles. The third-order valence-corrected chi connectivity index (χ3v) is 3.35.